The van der Waals surface area contributed by atoms with E-state index >= 15 is 0 Å². The Balaban J connectivity index is 3.14. The Kier molecular flexibility index (Phi) is 3.04. The van der Waals surface area contributed by atoms with Crippen molar-refractivity contribution in [1.82, 2.24) is 0 Å². The lowest BCUT2D eigenvalue weighted by atomic mass is 10.7. The first-order valence-electron chi connectivity index (χ1n) is 1.34. The van der Waals surface area contributed by atoms with Gasteiger partial charge in [0.05, 0.1) is 0 Å². The fourth-order valence-corrected chi connectivity index (χ4v) is 0.117. The molecule has 6 heavy (non-hydrogen) atoms. The van der Waals surface area contributed by atoms with Crippen molar-refractivity contribution in [3.8, 4) is 0 Å². The maximum atomic E-state index is 11.1. The quantitative estimate of drug-likeness (QED) is 0.487. The molecule has 0 aromatic rings. The summed E-state index contributed by atoms with van der Waals surface area (Å²) in [7, 11) is 0. The van der Waals surface area contributed by atoms with E-state index in [-0.39, 0.29) is 0 Å². The van der Waals surface area contributed by atoms with E-state index in [4.69, 9.17) is 0 Å². The van der Waals surface area contributed by atoms with Crippen LogP contribution in [0.15, 0.2) is 11.4 Å². The summed E-state index contributed by atoms with van der Waals surface area (Å²) in [5.41, 5.74) is 0. The summed E-state index contributed by atoms with van der Waals surface area (Å²) in [6.07, 6.45) is 0.640. The molecule has 36 valence electrons. The highest BCUT2D eigenvalue weighted by Crippen LogP contribution is 1.99. The van der Waals surface area contributed by atoms with Gasteiger partial charge in [-0.15, -0.1) is 0 Å². The molecule has 0 aliphatic rings. The summed E-state index contributed by atoms with van der Waals surface area (Å²) in [5.74, 6) is 0. The molecule has 0 spiro atoms. The van der Waals surface area contributed by atoms with Gasteiger partial charge in [0.2, 0.25) is 0 Å². The second-order valence-corrected chi connectivity index (χ2v) is 1.01. The number of hydrogen-bond donors (Lipinski definition) is 0. The van der Waals surface area contributed by atoms with Crippen molar-refractivity contribution in [3.63, 3.8) is 0 Å². The van der Waals surface area contributed by atoms with Gasteiger partial charge in [-0.1, -0.05) is 11.6 Å². The molecular weight excluding hydrogens is 109 g/mol. The van der Waals surface area contributed by atoms with Crippen molar-refractivity contribution in [1.29, 1.82) is 0 Å². The summed E-state index contributed by atoms with van der Waals surface area (Å²) in [6, 6.07) is 0. The van der Waals surface area contributed by atoms with Crippen molar-refractivity contribution in [2.75, 3.05) is 6.67 Å². The zero-order valence-corrected chi connectivity index (χ0v) is 3.67. The van der Waals surface area contributed by atoms with Crippen molar-refractivity contribution in [3.05, 3.63) is 11.4 Å². The number of hydrogen-bond acceptors (Lipinski definition) is 0. The third kappa shape index (κ3) is 3.89. The first kappa shape index (κ1) is 5.89. The molecule has 0 aromatic carbocycles. The van der Waals surface area contributed by atoms with E-state index in [2.05, 4.69) is 11.6 Å². The fraction of sp³-hybridized carbons (Fsp3) is 0.333. The Morgan fingerprint density at radius 3 is 2.33 bits per heavy atom. The molecule has 0 aromatic heterocycles. The predicted octanol–water partition coefficient (Wildman–Crippen LogP) is 2.01. The minimum Gasteiger partial charge on any atom is -0.246 e. The highest BCUT2D eigenvalue weighted by molar-refractivity contribution is 6.28. The summed E-state index contributed by atoms with van der Waals surface area (Å²) in [5, 5.41) is -0.988. The minimum atomic E-state index is -0.988. The smallest absolute Gasteiger partial charge is 0.187 e. The van der Waals surface area contributed by atoms with Crippen LogP contribution >= 0.6 is 11.6 Å². The first-order valence-corrected chi connectivity index (χ1v) is 1.72. The van der Waals surface area contributed by atoms with Crippen LogP contribution < -0.4 is 0 Å². The highest BCUT2D eigenvalue weighted by atomic mass is 35.5. The molecule has 0 aliphatic carbocycles. The molecule has 0 saturated heterocycles. The monoisotopic (exact) mass is 112 g/mol. The second-order valence-electron chi connectivity index (χ2n) is 0.648. The average Bonchev–Trinajstić information content (AvgIpc) is 1.35. The molecule has 0 aliphatic heterocycles. The molecule has 0 fully saturated rings. The molecule has 3 heteroatoms. The first-order chi connectivity index (χ1) is 2.77. The van der Waals surface area contributed by atoms with Gasteiger partial charge in [0.15, 0.2) is 5.29 Å². The Morgan fingerprint density at radius 2 is 2.33 bits per heavy atom. The van der Waals surface area contributed by atoms with Crippen molar-refractivity contribution >= 4 is 11.6 Å². The lowest BCUT2D eigenvalue weighted by Gasteiger charge is -1.70. The van der Waals surface area contributed by atoms with Crippen molar-refractivity contribution < 1.29 is 8.78 Å². The lowest BCUT2D eigenvalue weighted by Crippen LogP contribution is -1.59. The number of rotatable bonds is 1. The zero-order valence-electron chi connectivity index (χ0n) is 2.92. The van der Waals surface area contributed by atoms with E-state index in [9.17, 15) is 8.78 Å². The maximum Gasteiger partial charge on any atom is 0.187 e. The topological polar surface area (TPSA) is 0 Å². The Morgan fingerprint density at radius 1 is 1.83 bits per heavy atom. The molecular formula is C3H3ClF2. The van der Waals surface area contributed by atoms with E-state index in [1.807, 2.05) is 0 Å². The largest absolute Gasteiger partial charge is 0.246 e. The van der Waals surface area contributed by atoms with Crippen LogP contribution in [0, 0.1) is 0 Å². The van der Waals surface area contributed by atoms with E-state index in [1.165, 1.54) is 0 Å². The van der Waals surface area contributed by atoms with Crippen LogP contribution in [0.5, 0.6) is 0 Å². The van der Waals surface area contributed by atoms with E-state index in [0.29, 0.717) is 6.08 Å². The van der Waals surface area contributed by atoms with Gasteiger partial charge in [0.1, 0.15) is 6.67 Å². The van der Waals surface area contributed by atoms with Gasteiger partial charge >= 0.3 is 0 Å². The van der Waals surface area contributed by atoms with Crippen LogP contribution in [0.3, 0.4) is 0 Å². The predicted molar refractivity (Wildman–Crippen MR) is 21.0 cm³/mol. The van der Waals surface area contributed by atoms with Gasteiger partial charge in [-0.05, 0) is 6.08 Å². The van der Waals surface area contributed by atoms with Crippen LogP contribution in [-0.2, 0) is 0 Å². The molecule has 0 nitrogen and oxygen atoms in total. The Labute approximate surface area is 39.4 Å². The highest BCUT2D eigenvalue weighted by Gasteiger charge is 1.78. The third-order valence-electron chi connectivity index (χ3n) is 0.231. The molecule has 0 radical (unpaired) electrons. The van der Waals surface area contributed by atoms with Crippen LogP contribution in [-0.4, -0.2) is 6.67 Å². The molecule has 0 bridgehead atoms. The van der Waals surface area contributed by atoms with Gasteiger partial charge in [-0.2, -0.15) is 4.39 Å². The van der Waals surface area contributed by atoms with Gasteiger partial charge in [-0.3, -0.25) is 0 Å². The summed E-state index contributed by atoms with van der Waals surface area (Å²) < 4.78 is 21.9. The standard InChI is InChI=1S/C3H3ClF2/c4-3(6)1-2-5/h1H,2H2/b3-1+. The second kappa shape index (κ2) is 3.09. The van der Waals surface area contributed by atoms with E-state index < -0.39 is 12.0 Å². The molecule has 0 unspecified atom stereocenters. The molecule has 0 saturated carbocycles. The van der Waals surface area contributed by atoms with Crippen LogP contribution in [0.4, 0.5) is 8.78 Å². The summed E-state index contributed by atoms with van der Waals surface area (Å²) >= 11 is 4.53. The SMILES string of the molecule is FC/C=C(/F)Cl. The van der Waals surface area contributed by atoms with Gasteiger partial charge < -0.3 is 0 Å². The molecule has 0 amide bonds. The van der Waals surface area contributed by atoms with Crippen molar-refractivity contribution in [2.24, 2.45) is 0 Å². The van der Waals surface area contributed by atoms with E-state index in [0.717, 1.165) is 0 Å². The summed E-state index contributed by atoms with van der Waals surface area (Å²) in [6.45, 7) is -0.838. The molecule has 0 rings (SSSR count). The number of allylic oxidation sites excluding steroid dienone is 1. The van der Waals surface area contributed by atoms with Gasteiger partial charge in [-0.25, -0.2) is 4.39 Å². The minimum absolute atomic E-state index is 0.640. The van der Waals surface area contributed by atoms with E-state index in [1.54, 1.807) is 0 Å². The van der Waals surface area contributed by atoms with Gasteiger partial charge in [0.25, 0.3) is 0 Å². The van der Waals surface area contributed by atoms with Gasteiger partial charge in [0, 0.05) is 0 Å². The van der Waals surface area contributed by atoms with Crippen LogP contribution in [0.2, 0.25) is 0 Å². The third-order valence-corrected chi connectivity index (χ3v) is 0.386. The maximum absolute atomic E-state index is 11.1. The normalized spacial score (nSPS) is 12.2. The molecule has 0 heterocycles. The molecule has 0 atom stereocenters. The van der Waals surface area contributed by atoms with Crippen molar-refractivity contribution in [2.45, 2.75) is 0 Å². The average molecular weight is 113 g/mol. The number of halogens is 3. The molecule has 0 N–H and O–H groups in total. The lowest BCUT2D eigenvalue weighted by molar-refractivity contribution is 0.551. The zero-order chi connectivity index (χ0) is 4.99. The fourth-order valence-electron chi connectivity index (χ4n) is 0.0583. The Hall–Kier alpha value is -0.110. The number of alkyl halides is 1. The van der Waals surface area contributed by atoms with Crippen LogP contribution in [0.25, 0.3) is 0 Å². The van der Waals surface area contributed by atoms with Crippen LogP contribution in [0.1, 0.15) is 0 Å². The Bertz CT molecular complexity index is 55.8. The summed E-state index contributed by atoms with van der Waals surface area (Å²) in [4.78, 5) is 0.